The van der Waals surface area contributed by atoms with Crippen molar-refractivity contribution in [2.75, 3.05) is 5.32 Å². The number of nitrogens with zero attached hydrogens (tertiary/aromatic N) is 3. The molecule has 17 heavy (non-hydrogen) atoms. The van der Waals surface area contributed by atoms with Crippen molar-refractivity contribution in [3.8, 4) is 0 Å². The minimum absolute atomic E-state index is 0.281. The summed E-state index contributed by atoms with van der Waals surface area (Å²) in [7, 11) is 1.82. The van der Waals surface area contributed by atoms with E-state index < -0.39 is 0 Å². The molecule has 0 aliphatic heterocycles. The van der Waals surface area contributed by atoms with Gasteiger partial charge in [0.05, 0.1) is 11.0 Å². The number of aromatic nitrogens is 3. The Balaban J connectivity index is 2.14. The number of rotatable bonds is 3. The van der Waals surface area contributed by atoms with Crippen LogP contribution in [0.2, 0.25) is 0 Å². The zero-order valence-electron chi connectivity index (χ0n) is 9.54. The number of hydrogen-bond acceptors (Lipinski definition) is 3. The number of hydrogen-bond donors (Lipinski definition) is 1. The second kappa shape index (κ2) is 4.83. The quantitative estimate of drug-likeness (QED) is 0.947. The van der Waals surface area contributed by atoms with E-state index in [0.29, 0.717) is 11.0 Å². The Kier molecular flexibility index (Phi) is 3.42. The van der Waals surface area contributed by atoms with Gasteiger partial charge in [0.1, 0.15) is 18.0 Å². The van der Waals surface area contributed by atoms with Gasteiger partial charge in [0, 0.05) is 12.7 Å². The third kappa shape index (κ3) is 2.63. The number of aryl methyl sites for hydroxylation is 2. The minimum atomic E-state index is -0.281. The summed E-state index contributed by atoms with van der Waals surface area (Å²) in [6.07, 6.45) is 1.49. The first-order valence-corrected chi connectivity index (χ1v) is 5.89. The molecule has 4 nitrogen and oxygen atoms in total. The Bertz CT molecular complexity index is 538. The molecule has 2 rings (SSSR count). The van der Waals surface area contributed by atoms with Gasteiger partial charge in [0.25, 0.3) is 0 Å². The Morgan fingerprint density at radius 2 is 2.24 bits per heavy atom. The van der Waals surface area contributed by atoms with Crippen LogP contribution in [0.15, 0.2) is 22.9 Å². The summed E-state index contributed by atoms with van der Waals surface area (Å²) in [5.41, 5.74) is 1.73. The van der Waals surface area contributed by atoms with Gasteiger partial charge in [-0.05, 0) is 40.5 Å². The SMILES string of the molecule is Cc1cc(Br)c(F)cc1NCc1ncnn1C. The first-order chi connectivity index (χ1) is 8.08. The molecule has 0 aliphatic carbocycles. The second-order valence-electron chi connectivity index (χ2n) is 3.73. The summed E-state index contributed by atoms with van der Waals surface area (Å²) in [4.78, 5) is 4.09. The van der Waals surface area contributed by atoms with E-state index in [9.17, 15) is 4.39 Å². The van der Waals surface area contributed by atoms with E-state index in [1.165, 1.54) is 12.4 Å². The van der Waals surface area contributed by atoms with Crippen LogP contribution in [-0.2, 0) is 13.6 Å². The predicted octanol–water partition coefficient (Wildman–Crippen LogP) is 2.64. The van der Waals surface area contributed by atoms with E-state index >= 15 is 0 Å². The number of halogens is 2. The highest BCUT2D eigenvalue weighted by molar-refractivity contribution is 9.10. The monoisotopic (exact) mass is 298 g/mol. The zero-order chi connectivity index (χ0) is 12.4. The van der Waals surface area contributed by atoms with E-state index in [-0.39, 0.29) is 5.82 Å². The molecule has 0 saturated heterocycles. The van der Waals surface area contributed by atoms with E-state index in [1.54, 1.807) is 10.7 Å². The van der Waals surface area contributed by atoms with Crippen LogP contribution < -0.4 is 5.32 Å². The molecule has 90 valence electrons. The molecule has 1 aromatic heterocycles. The zero-order valence-corrected chi connectivity index (χ0v) is 11.1. The van der Waals surface area contributed by atoms with Crippen molar-refractivity contribution in [1.29, 1.82) is 0 Å². The lowest BCUT2D eigenvalue weighted by Crippen LogP contribution is -2.07. The van der Waals surface area contributed by atoms with Gasteiger partial charge in [-0.3, -0.25) is 4.68 Å². The molecule has 0 atom stereocenters. The molecule has 1 N–H and O–H groups in total. The lowest BCUT2D eigenvalue weighted by atomic mass is 10.2. The molecule has 2 aromatic rings. The Morgan fingerprint density at radius 1 is 1.47 bits per heavy atom. The highest BCUT2D eigenvalue weighted by Crippen LogP contribution is 2.24. The van der Waals surface area contributed by atoms with Crippen molar-refractivity contribution in [2.45, 2.75) is 13.5 Å². The molecule has 0 amide bonds. The summed E-state index contributed by atoms with van der Waals surface area (Å²) in [6.45, 7) is 2.43. The molecule has 0 unspecified atom stereocenters. The summed E-state index contributed by atoms with van der Waals surface area (Å²) < 4.78 is 15.5. The normalized spacial score (nSPS) is 10.6. The molecule has 1 aromatic carbocycles. The lowest BCUT2D eigenvalue weighted by molar-refractivity contribution is 0.621. The van der Waals surface area contributed by atoms with Crippen molar-refractivity contribution >= 4 is 21.6 Å². The summed E-state index contributed by atoms with van der Waals surface area (Å²) >= 11 is 3.15. The van der Waals surface area contributed by atoms with E-state index in [0.717, 1.165) is 17.1 Å². The summed E-state index contributed by atoms with van der Waals surface area (Å²) in [5, 5.41) is 7.11. The highest BCUT2D eigenvalue weighted by Gasteiger charge is 2.06. The second-order valence-corrected chi connectivity index (χ2v) is 4.59. The minimum Gasteiger partial charge on any atom is -0.377 e. The standard InChI is InChI=1S/C11H12BrFN4/c1-7-3-8(12)9(13)4-10(7)14-5-11-15-6-16-17(11)2/h3-4,6,14H,5H2,1-2H3. The molecule has 0 fully saturated rings. The molecule has 0 aliphatic rings. The Hall–Kier alpha value is -1.43. The van der Waals surface area contributed by atoms with Gasteiger partial charge in [-0.15, -0.1) is 0 Å². The fourth-order valence-corrected chi connectivity index (χ4v) is 1.95. The molecule has 0 saturated carbocycles. The third-order valence-electron chi connectivity index (χ3n) is 2.51. The summed E-state index contributed by atoms with van der Waals surface area (Å²) in [5.74, 6) is 0.517. The van der Waals surface area contributed by atoms with Crippen LogP contribution in [0, 0.1) is 12.7 Å². The van der Waals surface area contributed by atoms with Crippen molar-refractivity contribution in [2.24, 2.45) is 7.05 Å². The van der Waals surface area contributed by atoms with Gasteiger partial charge in [-0.25, -0.2) is 9.37 Å². The molecular formula is C11H12BrFN4. The average molecular weight is 299 g/mol. The van der Waals surface area contributed by atoms with Crippen LogP contribution in [0.5, 0.6) is 0 Å². The summed E-state index contributed by atoms with van der Waals surface area (Å²) in [6, 6.07) is 3.21. The van der Waals surface area contributed by atoms with Crippen LogP contribution in [0.3, 0.4) is 0 Å². The smallest absolute Gasteiger partial charge is 0.145 e. The number of anilines is 1. The van der Waals surface area contributed by atoms with Gasteiger partial charge >= 0.3 is 0 Å². The van der Waals surface area contributed by atoms with Crippen molar-refractivity contribution in [3.05, 3.63) is 40.1 Å². The fourth-order valence-electron chi connectivity index (χ4n) is 1.49. The maximum atomic E-state index is 13.4. The largest absolute Gasteiger partial charge is 0.377 e. The van der Waals surface area contributed by atoms with Gasteiger partial charge in [-0.2, -0.15) is 5.10 Å². The van der Waals surface area contributed by atoms with E-state index in [2.05, 4.69) is 31.3 Å². The highest BCUT2D eigenvalue weighted by atomic mass is 79.9. The van der Waals surface area contributed by atoms with Crippen LogP contribution in [0.25, 0.3) is 0 Å². The maximum absolute atomic E-state index is 13.4. The molecule has 6 heteroatoms. The van der Waals surface area contributed by atoms with E-state index in [4.69, 9.17) is 0 Å². The number of nitrogens with one attached hydrogen (secondary N) is 1. The van der Waals surface area contributed by atoms with Crippen LogP contribution in [-0.4, -0.2) is 14.8 Å². The first kappa shape index (κ1) is 12.0. The Labute approximate surface area is 107 Å². The van der Waals surface area contributed by atoms with Crippen LogP contribution in [0.1, 0.15) is 11.4 Å². The van der Waals surface area contributed by atoms with Gasteiger partial charge < -0.3 is 5.32 Å². The maximum Gasteiger partial charge on any atom is 0.145 e. The average Bonchev–Trinajstić information content (AvgIpc) is 2.68. The third-order valence-corrected chi connectivity index (χ3v) is 3.12. The van der Waals surface area contributed by atoms with Crippen molar-refractivity contribution in [1.82, 2.24) is 14.8 Å². The van der Waals surface area contributed by atoms with Crippen LogP contribution >= 0.6 is 15.9 Å². The van der Waals surface area contributed by atoms with Gasteiger partial charge in [0.2, 0.25) is 0 Å². The van der Waals surface area contributed by atoms with E-state index in [1.807, 2.05) is 14.0 Å². The van der Waals surface area contributed by atoms with Gasteiger partial charge in [0.15, 0.2) is 0 Å². The lowest BCUT2D eigenvalue weighted by Gasteiger charge is -2.10. The van der Waals surface area contributed by atoms with Crippen molar-refractivity contribution in [3.63, 3.8) is 0 Å². The van der Waals surface area contributed by atoms with Gasteiger partial charge in [-0.1, -0.05) is 0 Å². The first-order valence-electron chi connectivity index (χ1n) is 5.10. The molecule has 1 heterocycles. The van der Waals surface area contributed by atoms with Crippen molar-refractivity contribution < 1.29 is 4.39 Å². The Morgan fingerprint density at radius 3 is 2.88 bits per heavy atom. The predicted molar refractivity (Wildman–Crippen MR) is 67.2 cm³/mol. The molecule has 0 spiro atoms. The number of benzene rings is 1. The molecular weight excluding hydrogens is 287 g/mol. The molecule has 0 bridgehead atoms. The molecule has 0 radical (unpaired) electrons. The fraction of sp³-hybridized carbons (Fsp3) is 0.273. The topological polar surface area (TPSA) is 42.7 Å². The van der Waals surface area contributed by atoms with Crippen LogP contribution in [0.4, 0.5) is 10.1 Å².